The summed E-state index contributed by atoms with van der Waals surface area (Å²) >= 11 is 0. The minimum atomic E-state index is -1.03. The predicted molar refractivity (Wildman–Crippen MR) is 114 cm³/mol. The number of aliphatic carboxylic acids is 1. The molecule has 0 aliphatic carbocycles. The van der Waals surface area contributed by atoms with Gasteiger partial charge in [0.15, 0.2) is 0 Å². The van der Waals surface area contributed by atoms with Gasteiger partial charge < -0.3 is 14.8 Å². The SMILES string of the molecule is O=C(O)COC(c1c[nH]cn1)C(c1ccccc1)(c1ccccc1)c1ccccc1. The molecule has 1 atom stereocenters. The zero-order valence-electron chi connectivity index (χ0n) is 16.3. The van der Waals surface area contributed by atoms with E-state index in [1.165, 1.54) is 0 Å². The molecular weight excluding hydrogens is 376 g/mol. The Hall–Kier alpha value is -3.70. The van der Waals surface area contributed by atoms with Crippen LogP contribution in [0.5, 0.6) is 0 Å². The molecule has 1 heterocycles. The Balaban J connectivity index is 2.06. The molecule has 0 saturated heterocycles. The second-order valence-corrected chi connectivity index (χ2v) is 6.98. The largest absolute Gasteiger partial charge is 0.480 e. The summed E-state index contributed by atoms with van der Waals surface area (Å²) in [7, 11) is 0. The average molecular weight is 398 g/mol. The third kappa shape index (κ3) is 3.63. The molecule has 1 aromatic heterocycles. The molecule has 2 N–H and O–H groups in total. The van der Waals surface area contributed by atoms with Gasteiger partial charge in [0.2, 0.25) is 0 Å². The number of hydrogen-bond donors (Lipinski definition) is 2. The Morgan fingerprint density at radius 2 is 1.33 bits per heavy atom. The molecule has 3 aromatic carbocycles. The molecule has 0 amide bonds. The number of carboxylic acids is 1. The van der Waals surface area contributed by atoms with Gasteiger partial charge in [-0.15, -0.1) is 0 Å². The molecule has 4 rings (SSSR count). The van der Waals surface area contributed by atoms with E-state index < -0.39 is 24.1 Å². The summed E-state index contributed by atoms with van der Waals surface area (Å²) in [6, 6.07) is 30.1. The van der Waals surface area contributed by atoms with Crippen molar-refractivity contribution in [3.05, 3.63) is 126 Å². The molecule has 0 aliphatic heterocycles. The highest BCUT2D eigenvalue weighted by Gasteiger charge is 2.46. The Kier molecular flexibility index (Phi) is 5.72. The number of benzene rings is 3. The summed E-state index contributed by atoms with van der Waals surface area (Å²) in [6.45, 7) is -0.439. The van der Waals surface area contributed by atoms with E-state index in [-0.39, 0.29) is 0 Å². The van der Waals surface area contributed by atoms with Crippen LogP contribution in [-0.4, -0.2) is 27.7 Å². The number of aromatic nitrogens is 2. The first-order chi connectivity index (χ1) is 14.7. The molecule has 5 heteroatoms. The second kappa shape index (κ2) is 8.76. The highest BCUT2D eigenvalue weighted by Crippen LogP contribution is 2.49. The molecule has 0 fully saturated rings. The van der Waals surface area contributed by atoms with Crippen molar-refractivity contribution >= 4 is 5.97 Å². The monoisotopic (exact) mass is 398 g/mol. The molecule has 0 aliphatic rings. The third-order valence-corrected chi connectivity index (χ3v) is 5.24. The zero-order valence-corrected chi connectivity index (χ0v) is 16.3. The Labute approximate surface area is 175 Å². The van der Waals surface area contributed by atoms with E-state index in [1.807, 2.05) is 91.0 Å². The van der Waals surface area contributed by atoms with E-state index in [2.05, 4.69) is 9.97 Å². The van der Waals surface area contributed by atoms with Crippen LogP contribution in [0.1, 0.15) is 28.5 Å². The number of nitrogens with one attached hydrogen (secondary N) is 1. The second-order valence-electron chi connectivity index (χ2n) is 6.98. The van der Waals surface area contributed by atoms with Crippen LogP contribution in [0.3, 0.4) is 0 Å². The fraction of sp³-hybridized carbons (Fsp3) is 0.120. The molecule has 0 saturated carbocycles. The summed E-state index contributed by atoms with van der Waals surface area (Å²) in [5.74, 6) is -1.03. The molecular formula is C25H22N2O3. The van der Waals surface area contributed by atoms with Gasteiger partial charge in [0, 0.05) is 6.20 Å². The molecule has 1 unspecified atom stereocenters. The van der Waals surface area contributed by atoms with Gasteiger partial charge >= 0.3 is 5.97 Å². The van der Waals surface area contributed by atoms with Crippen molar-refractivity contribution in [2.75, 3.05) is 6.61 Å². The summed E-state index contributed by atoms with van der Waals surface area (Å²) in [5.41, 5.74) is 2.78. The van der Waals surface area contributed by atoms with Crippen LogP contribution < -0.4 is 0 Å². The van der Waals surface area contributed by atoms with Gasteiger partial charge in [-0.05, 0) is 16.7 Å². The van der Waals surface area contributed by atoms with Crippen LogP contribution in [0.15, 0.2) is 104 Å². The summed E-state index contributed by atoms with van der Waals surface area (Å²) in [6.07, 6.45) is 2.67. The fourth-order valence-corrected chi connectivity index (χ4v) is 4.06. The topological polar surface area (TPSA) is 75.2 Å². The van der Waals surface area contributed by atoms with Gasteiger partial charge in [-0.1, -0.05) is 91.0 Å². The molecule has 0 bridgehead atoms. The van der Waals surface area contributed by atoms with E-state index in [1.54, 1.807) is 12.5 Å². The van der Waals surface area contributed by atoms with Crippen LogP contribution >= 0.6 is 0 Å². The smallest absolute Gasteiger partial charge is 0.329 e. The Bertz CT molecular complexity index is 969. The number of hydrogen-bond acceptors (Lipinski definition) is 3. The summed E-state index contributed by atoms with van der Waals surface area (Å²) < 4.78 is 6.09. The minimum absolute atomic E-state index is 0.439. The van der Waals surface area contributed by atoms with Gasteiger partial charge in [-0.3, -0.25) is 0 Å². The average Bonchev–Trinajstić information content (AvgIpc) is 3.33. The Morgan fingerprint density at radius 1 is 0.867 bits per heavy atom. The van der Waals surface area contributed by atoms with E-state index >= 15 is 0 Å². The maximum atomic E-state index is 11.5. The van der Waals surface area contributed by atoms with Crippen LogP contribution in [0.25, 0.3) is 0 Å². The molecule has 5 nitrogen and oxygen atoms in total. The van der Waals surface area contributed by atoms with Crippen molar-refractivity contribution in [2.24, 2.45) is 0 Å². The van der Waals surface area contributed by atoms with Crippen molar-refractivity contribution in [1.29, 1.82) is 0 Å². The number of carboxylic acid groups (broad SMARTS) is 1. The van der Waals surface area contributed by atoms with Crippen molar-refractivity contribution in [3.63, 3.8) is 0 Å². The maximum absolute atomic E-state index is 11.5. The zero-order chi connectivity index (χ0) is 20.8. The first kappa shape index (κ1) is 19.6. The van der Waals surface area contributed by atoms with Crippen molar-refractivity contribution in [3.8, 4) is 0 Å². The lowest BCUT2D eigenvalue weighted by Crippen LogP contribution is -2.39. The lowest BCUT2D eigenvalue weighted by atomic mass is 9.65. The fourth-order valence-electron chi connectivity index (χ4n) is 4.06. The minimum Gasteiger partial charge on any atom is -0.480 e. The van der Waals surface area contributed by atoms with Gasteiger partial charge in [-0.25, -0.2) is 9.78 Å². The standard InChI is InChI=1S/C25H22N2O3/c28-23(29)17-30-24(22-16-26-18-27-22)25(19-10-4-1-5-11-19,20-12-6-2-7-13-20)21-14-8-3-9-15-21/h1-16,18,24H,17H2,(H,26,27)(H,28,29). The number of carbonyl (C=O) groups is 1. The predicted octanol–water partition coefficient (Wildman–Crippen LogP) is 4.59. The molecule has 0 spiro atoms. The summed E-state index contributed by atoms with van der Waals surface area (Å²) in [5, 5.41) is 9.38. The molecule has 30 heavy (non-hydrogen) atoms. The van der Waals surface area contributed by atoms with E-state index in [4.69, 9.17) is 4.74 Å². The van der Waals surface area contributed by atoms with Crippen LogP contribution in [0.2, 0.25) is 0 Å². The van der Waals surface area contributed by atoms with Crippen molar-refractivity contribution in [1.82, 2.24) is 9.97 Å². The molecule has 150 valence electrons. The van der Waals surface area contributed by atoms with E-state index in [9.17, 15) is 9.90 Å². The van der Waals surface area contributed by atoms with Gasteiger partial charge in [0.05, 0.1) is 17.4 Å². The van der Waals surface area contributed by atoms with E-state index in [0.29, 0.717) is 5.69 Å². The van der Waals surface area contributed by atoms with Crippen molar-refractivity contribution < 1.29 is 14.6 Å². The third-order valence-electron chi connectivity index (χ3n) is 5.24. The Morgan fingerprint density at radius 3 is 1.70 bits per heavy atom. The van der Waals surface area contributed by atoms with Crippen molar-refractivity contribution in [2.45, 2.75) is 11.5 Å². The van der Waals surface area contributed by atoms with Gasteiger partial charge in [-0.2, -0.15) is 0 Å². The number of aromatic amines is 1. The van der Waals surface area contributed by atoms with Crippen LogP contribution in [0.4, 0.5) is 0 Å². The first-order valence-corrected chi connectivity index (χ1v) is 9.71. The van der Waals surface area contributed by atoms with Gasteiger partial charge in [0.1, 0.15) is 12.7 Å². The van der Waals surface area contributed by atoms with Crippen LogP contribution in [-0.2, 0) is 14.9 Å². The van der Waals surface area contributed by atoms with Crippen LogP contribution in [0, 0.1) is 0 Å². The molecule has 0 radical (unpaired) electrons. The lowest BCUT2D eigenvalue weighted by Gasteiger charge is -2.41. The lowest BCUT2D eigenvalue weighted by molar-refractivity contribution is -0.145. The maximum Gasteiger partial charge on any atom is 0.329 e. The number of rotatable bonds is 8. The van der Waals surface area contributed by atoms with E-state index in [0.717, 1.165) is 16.7 Å². The number of imidazole rings is 1. The highest BCUT2D eigenvalue weighted by molar-refractivity contribution is 5.68. The number of ether oxygens (including phenoxy) is 1. The number of H-pyrrole nitrogens is 1. The number of nitrogens with zero attached hydrogens (tertiary/aromatic N) is 1. The highest BCUT2D eigenvalue weighted by atomic mass is 16.5. The quantitative estimate of drug-likeness (QED) is 0.426. The normalized spacial score (nSPS) is 12.4. The molecule has 4 aromatic rings. The first-order valence-electron chi connectivity index (χ1n) is 9.71. The van der Waals surface area contributed by atoms with Gasteiger partial charge in [0.25, 0.3) is 0 Å². The summed E-state index contributed by atoms with van der Waals surface area (Å²) in [4.78, 5) is 18.9.